The van der Waals surface area contributed by atoms with Crippen LogP contribution in [0.4, 0.5) is 0 Å². The van der Waals surface area contributed by atoms with Gasteiger partial charge in [0.2, 0.25) is 0 Å². The molecule has 0 fully saturated rings. The van der Waals surface area contributed by atoms with Crippen molar-refractivity contribution in [2.24, 2.45) is 7.05 Å². The number of ether oxygens (including phenoxy) is 1. The first kappa shape index (κ1) is 20.0. The summed E-state index contributed by atoms with van der Waals surface area (Å²) in [4.78, 5) is 30.8. The van der Waals surface area contributed by atoms with Crippen molar-refractivity contribution >= 4 is 38.2 Å². The number of fused-ring (bicyclic) bond motifs is 3. The average Bonchev–Trinajstić information content (AvgIpc) is 3.48. The zero-order valence-corrected chi connectivity index (χ0v) is 18.0. The lowest BCUT2D eigenvalue weighted by Crippen LogP contribution is -2.22. The Morgan fingerprint density at radius 1 is 1.16 bits per heavy atom. The Balaban J connectivity index is 1.63. The van der Waals surface area contributed by atoms with Gasteiger partial charge in [-0.1, -0.05) is 18.2 Å². The first-order valence-electron chi connectivity index (χ1n) is 10.00. The van der Waals surface area contributed by atoms with Crippen LogP contribution < -0.4 is 15.6 Å². The van der Waals surface area contributed by atoms with Gasteiger partial charge in [-0.3, -0.25) is 14.6 Å². The van der Waals surface area contributed by atoms with Gasteiger partial charge in [0.15, 0.2) is 5.75 Å². The predicted molar refractivity (Wildman–Crippen MR) is 123 cm³/mol. The molecule has 0 spiro atoms. The monoisotopic (exact) mass is 445 g/mol. The molecule has 0 unspecified atom stereocenters. The fraction of sp³-hybridized carbons (Fsp3) is 0.125. The Morgan fingerprint density at radius 3 is 2.75 bits per heavy atom. The second-order valence-corrected chi connectivity index (χ2v) is 8.27. The second-order valence-electron chi connectivity index (χ2n) is 7.25. The summed E-state index contributed by atoms with van der Waals surface area (Å²) < 4.78 is 13.7. The normalized spacial score (nSPS) is 11.2. The molecule has 4 aromatic heterocycles. The van der Waals surface area contributed by atoms with Crippen LogP contribution in [-0.2, 0) is 20.2 Å². The number of rotatable bonds is 6. The summed E-state index contributed by atoms with van der Waals surface area (Å²) in [5.74, 6) is 0.614. The first-order valence-corrected chi connectivity index (χ1v) is 10.8. The lowest BCUT2D eigenvalue weighted by molar-refractivity contribution is 0.0948. The van der Waals surface area contributed by atoms with Gasteiger partial charge in [0.25, 0.3) is 11.5 Å². The number of aromatic nitrogens is 2. The molecule has 160 valence electrons. The van der Waals surface area contributed by atoms with Gasteiger partial charge in [-0.05, 0) is 35.9 Å². The third-order valence-corrected chi connectivity index (χ3v) is 6.44. The van der Waals surface area contributed by atoms with Crippen LogP contribution in [-0.4, -0.2) is 15.5 Å². The highest BCUT2D eigenvalue weighted by atomic mass is 32.1. The van der Waals surface area contributed by atoms with Crippen molar-refractivity contribution in [2.75, 3.05) is 0 Å². The van der Waals surface area contributed by atoms with E-state index in [1.54, 1.807) is 42.4 Å². The van der Waals surface area contributed by atoms with Crippen LogP contribution in [0.3, 0.4) is 0 Å². The molecule has 5 rings (SSSR count). The molecule has 5 aromatic rings. The maximum Gasteiger partial charge on any atom is 0.265 e. The summed E-state index contributed by atoms with van der Waals surface area (Å²) in [6.07, 6.45) is 4.90. The number of nitrogens with zero attached hydrogens (tertiary/aromatic N) is 2. The zero-order valence-electron chi connectivity index (χ0n) is 17.2. The van der Waals surface area contributed by atoms with E-state index in [-0.39, 0.29) is 24.6 Å². The highest BCUT2D eigenvalue weighted by Gasteiger charge is 2.25. The van der Waals surface area contributed by atoms with Crippen LogP contribution in [0.25, 0.3) is 21.0 Å². The van der Waals surface area contributed by atoms with Gasteiger partial charge in [-0.15, -0.1) is 11.3 Å². The molecule has 0 radical (unpaired) electrons. The van der Waals surface area contributed by atoms with Gasteiger partial charge >= 0.3 is 0 Å². The summed E-state index contributed by atoms with van der Waals surface area (Å²) in [6.45, 7) is 0.450. The molecule has 32 heavy (non-hydrogen) atoms. The standard InChI is InChI=1S/C24H19N3O4S/c1-27-18-7-3-2-6-17(18)21-19(24(27)29)20(31-14-15-8-10-25-11-9-15)22(32-21)23(28)26-13-16-5-4-12-30-16/h2-12H,13-14H2,1H3,(H,26,28). The summed E-state index contributed by atoms with van der Waals surface area (Å²) in [5, 5.41) is 4.17. The van der Waals surface area contributed by atoms with Crippen LogP contribution in [0.5, 0.6) is 5.75 Å². The lowest BCUT2D eigenvalue weighted by Gasteiger charge is -2.10. The number of benzene rings is 1. The highest BCUT2D eigenvalue weighted by molar-refractivity contribution is 7.22. The first-order chi connectivity index (χ1) is 15.6. The molecule has 1 aromatic carbocycles. The number of pyridine rings is 2. The number of hydrogen-bond donors (Lipinski definition) is 1. The highest BCUT2D eigenvalue weighted by Crippen LogP contribution is 2.40. The number of para-hydroxylation sites is 1. The van der Waals surface area contributed by atoms with E-state index in [2.05, 4.69) is 10.3 Å². The molecule has 0 bridgehead atoms. The van der Waals surface area contributed by atoms with E-state index >= 15 is 0 Å². The number of carbonyl (C=O) groups excluding carboxylic acids is 1. The third kappa shape index (κ3) is 3.54. The van der Waals surface area contributed by atoms with Gasteiger partial charge < -0.3 is 19.0 Å². The summed E-state index contributed by atoms with van der Waals surface area (Å²) in [5.41, 5.74) is 1.48. The van der Waals surface area contributed by atoms with Crippen molar-refractivity contribution in [1.82, 2.24) is 14.9 Å². The molecule has 7 nitrogen and oxygen atoms in total. The molecular formula is C24H19N3O4S. The molecule has 0 aliphatic carbocycles. The minimum absolute atomic E-state index is 0.204. The Bertz CT molecular complexity index is 1470. The largest absolute Gasteiger partial charge is 0.486 e. The number of hydrogen-bond acceptors (Lipinski definition) is 6. The van der Waals surface area contributed by atoms with Crippen LogP contribution in [0.2, 0.25) is 0 Å². The van der Waals surface area contributed by atoms with Crippen molar-refractivity contribution in [3.8, 4) is 5.75 Å². The molecule has 1 amide bonds. The quantitative estimate of drug-likeness (QED) is 0.422. The van der Waals surface area contributed by atoms with E-state index in [0.717, 1.165) is 21.2 Å². The van der Waals surface area contributed by atoms with Crippen LogP contribution in [0.15, 0.2) is 76.4 Å². The van der Waals surface area contributed by atoms with Crippen LogP contribution in [0.1, 0.15) is 21.0 Å². The van der Waals surface area contributed by atoms with E-state index in [4.69, 9.17) is 9.15 Å². The number of aryl methyl sites for hydroxylation is 1. The Kier molecular flexibility index (Phi) is 5.20. The predicted octanol–water partition coefficient (Wildman–Crippen LogP) is 4.25. The van der Waals surface area contributed by atoms with E-state index in [1.165, 1.54) is 11.3 Å². The molecule has 8 heteroatoms. The maximum atomic E-state index is 13.3. The van der Waals surface area contributed by atoms with Gasteiger partial charge in [0.1, 0.15) is 22.6 Å². The topological polar surface area (TPSA) is 86.4 Å². The van der Waals surface area contributed by atoms with Crippen LogP contribution >= 0.6 is 11.3 Å². The number of furan rings is 1. The molecule has 0 aliphatic heterocycles. The lowest BCUT2D eigenvalue weighted by atomic mass is 10.1. The molecule has 1 N–H and O–H groups in total. The molecule has 0 saturated carbocycles. The minimum Gasteiger partial charge on any atom is -0.486 e. The van der Waals surface area contributed by atoms with Crippen molar-refractivity contribution in [3.05, 3.63) is 93.7 Å². The van der Waals surface area contributed by atoms with Crippen molar-refractivity contribution < 1.29 is 13.9 Å². The van der Waals surface area contributed by atoms with Crippen molar-refractivity contribution in [2.45, 2.75) is 13.2 Å². The van der Waals surface area contributed by atoms with E-state index < -0.39 is 0 Å². The van der Waals surface area contributed by atoms with Gasteiger partial charge in [-0.25, -0.2) is 0 Å². The SMILES string of the molecule is Cn1c(=O)c2c(OCc3ccncc3)c(C(=O)NCc3ccco3)sc2c2ccccc21. The summed E-state index contributed by atoms with van der Waals surface area (Å²) >= 11 is 1.26. The number of amides is 1. The smallest absolute Gasteiger partial charge is 0.265 e. The van der Waals surface area contributed by atoms with E-state index in [1.807, 2.05) is 36.4 Å². The average molecular weight is 446 g/mol. The maximum absolute atomic E-state index is 13.3. The van der Waals surface area contributed by atoms with E-state index in [0.29, 0.717) is 21.8 Å². The number of nitrogens with one attached hydrogen (secondary N) is 1. The minimum atomic E-state index is -0.321. The summed E-state index contributed by atoms with van der Waals surface area (Å²) in [6, 6.07) is 14.9. The van der Waals surface area contributed by atoms with Crippen molar-refractivity contribution in [1.29, 1.82) is 0 Å². The van der Waals surface area contributed by atoms with Crippen molar-refractivity contribution in [3.63, 3.8) is 0 Å². The molecule has 0 saturated heterocycles. The number of thiophene rings is 1. The molecule has 0 atom stereocenters. The fourth-order valence-corrected chi connectivity index (χ4v) is 4.81. The third-order valence-electron chi connectivity index (χ3n) is 5.24. The van der Waals surface area contributed by atoms with Gasteiger partial charge in [-0.2, -0.15) is 0 Å². The second kappa shape index (κ2) is 8.32. The fourth-order valence-electron chi connectivity index (χ4n) is 3.62. The van der Waals surface area contributed by atoms with E-state index in [9.17, 15) is 9.59 Å². The Morgan fingerprint density at radius 2 is 1.97 bits per heavy atom. The summed E-state index contributed by atoms with van der Waals surface area (Å²) in [7, 11) is 1.73. The van der Waals surface area contributed by atoms with Gasteiger partial charge in [0.05, 0.1) is 23.0 Å². The van der Waals surface area contributed by atoms with Gasteiger partial charge in [0, 0.05) is 24.8 Å². The molecule has 4 heterocycles. The van der Waals surface area contributed by atoms with Crippen LogP contribution in [0, 0.1) is 0 Å². The molecular weight excluding hydrogens is 426 g/mol. The Hall–Kier alpha value is -3.91. The zero-order chi connectivity index (χ0) is 22.1. The Labute approximate surface area is 186 Å². The number of carbonyl (C=O) groups is 1. The molecule has 0 aliphatic rings.